The molecule has 2 atom stereocenters. The molecule has 4 aromatic heterocycles. The first-order valence-electron chi connectivity index (χ1n) is 12.4. The second kappa shape index (κ2) is 10.7. The Balaban J connectivity index is 1.42. The lowest BCUT2D eigenvalue weighted by Crippen LogP contribution is -2.42. The van der Waals surface area contributed by atoms with Crippen molar-refractivity contribution in [2.24, 2.45) is 0 Å². The maximum Gasteiger partial charge on any atom is 0.245 e. The van der Waals surface area contributed by atoms with Crippen LogP contribution in [0.1, 0.15) is 40.1 Å². The molecule has 5 rings (SSSR count). The van der Waals surface area contributed by atoms with Crippen LogP contribution in [0.3, 0.4) is 0 Å². The molecule has 1 saturated heterocycles. The maximum atomic E-state index is 14.4. The van der Waals surface area contributed by atoms with E-state index in [1.165, 1.54) is 28.9 Å². The van der Waals surface area contributed by atoms with Crippen LogP contribution in [-0.2, 0) is 17.9 Å². The summed E-state index contributed by atoms with van der Waals surface area (Å²) in [5.74, 6) is -0.520. The molecule has 0 aromatic carbocycles. The van der Waals surface area contributed by atoms with Gasteiger partial charge in [0.2, 0.25) is 11.7 Å². The van der Waals surface area contributed by atoms with E-state index in [1.54, 1.807) is 36.7 Å². The molecule has 4 aromatic rings. The van der Waals surface area contributed by atoms with Crippen molar-refractivity contribution < 1.29 is 18.8 Å². The highest BCUT2D eigenvalue weighted by atomic mass is 19.1. The molecule has 1 amide bonds. The number of amides is 1. The van der Waals surface area contributed by atoms with Crippen LogP contribution in [0.5, 0.6) is 0 Å². The minimum absolute atomic E-state index is 0.0972. The van der Waals surface area contributed by atoms with E-state index in [4.69, 9.17) is 0 Å². The average molecular weight is 531 g/mol. The fourth-order valence-electron chi connectivity index (χ4n) is 4.67. The number of nitrogens with zero attached hydrogens (tertiary/aromatic N) is 8. The van der Waals surface area contributed by atoms with Gasteiger partial charge in [-0.15, -0.1) is 0 Å². The Morgan fingerprint density at radius 1 is 1.08 bits per heavy atom. The molecular formula is C27H27FN8O3. The smallest absolute Gasteiger partial charge is 0.245 e. The quantitative estimate of drug-likeness (QED) is 0.316. The number of ketones is 2. The lowest BCUT2D eigenvalue weighted by Gasteiger charge is -2.23. The third-order valence-electron chi connectivity index (χ3n) is 6.50. The van der Waals surface area contributed by atoms with Gasteiger partial charge in [-0.2, -0.15) is 5.10 Å². The largest absolute Gasteiger partial charge is 0.328 e. The van der Waals surface area contributed by atoms with Crippen molar-refractivity contribution in [3.63, 3.8) is 0 Å². The molecule has 200 valence electrons. The Bertz CT molecular complexity index is 1540. The van der Waals surface area contributed by atoms with E-state index < -0.39 is 23.9 Å². The van der Waals surface area contributed by atoms with Crippen molar-refractivity contribution in [3.05, 3.63) is 66.3 Å². The van der Waals surface area contributed by atoms with Crippen molar-refractivity contribution in [3.8, 4) is 11.3 Å². The van der Waals surface area contributed by atoms with Crippen LogP contribution in [0.15, 0.2) is 49.1 Å². The van der Waals surface area contributed by atoms with E-state index >= 15 is 0 Å². The zero-order chi connectivity index (χ0) is 27.7. The summed E-state index contributed by atoms with van der Waals surface area (Å²) in [7, 11) is 3.85. The third kappa shape index (κ3) is 5.41. The summed E-state index contributed by atoms with van der Waals surface area (Å²) in [6.45, 7) is 1.50. The number of aromatic nitrogens is 6. The Morgan fingerprint density at radius 3 is 2.51 bits per heavy atom. The lowest BCUT2D eigenvalue weighted by atomic mass is 10.1. The molecule has 0 aliphatic carbocycles. The second-order valence-corrected chi connectivity index (χ2v) is 9.75. The summed E-state index contributed by atoms with van der Waals surface area (Å²) < 4.78 is 15.8. The molecule has 1 aliphatic rings. The monoisotopic (exact) mass is 530 g/mol. The second-order valence-electron chi connectivity index (χ2n) is 9.75. The Morgan fingerprint density at radius 2 is 1.85 bits per heavy atom. The molecule has 0 spiro atoms. The number of alkyl halides is 1. The number of carbonyl (C=O) groups excluding carboxylic acids is 3. The number of halogens is 1. The fraction of sp³-hybridized carbons (Fsp3) is 0.333. The van der Waals surface area contributed by atoms with Gasteiger partial charge in [0, 0.05) is 42.9 Å². The minimum Gasteiger partial charge on any atom is -0.328 e. The molecular weight excluding hydrogens is 503 g/mol. The average Bonchev–Trinajstić information content (AvgIpc) is 3.49. The molecule has 12 heteroatoms. The van der Waals surface area contributed by atoms with Crippen molar-refractivity contribution in [2.45, 2.75) is 38.6 Å². The zero-order valence-corrected chi connectivity index (χ0v) is 21.8. The van der Waals surface area contributed by atoms with Gasteiger partial charge < -0.3 is 9.80 Å². The number of hydrogen-bond acceptors (Lipinski definition) is 9. The van der Waals surface area contributed by atoms with Crippen LogP contribution in [0.4, 0.5) is 4.39 Å². The van der Waals surface area contributed by atoms with Crippen molar-refractivity contribution >= 4 is 28.4 Å². The molecule has 0 N–H and O–H groups in total. The summed E-state index contributed by atoms with van der Waals surface area (Å²) >= 11 is 0. The highest BCUT2D eigenvalue weighted by Crippen LogP contribution is 2.27. The van der Waals surface area contributed by atoms with Gasteiger partial charge in [-0.05, 0) is 32.3 Å². The predicted molar refractivity (Wildman–Crippen MR) is 140 cm³/mol. The molecule has 39 heavy (non-hydrogen) atoms. The van der Waals surface area contributed by atoms with Crippen molar-refractivity contribution in [1.29, 1.82) is 0 Å². The lowest BCUT2D eigenvalue weighted by molar-refractivity contribution is -0.132. The van der Waals surface area contributed by atoms with Crippen LogP contribution in [0, 0.1) is 0 Å². The first kappa shape index (κ1) is 26.2. The van der Waals surface area contributed by atoms with Gasteiger partial charge >= 0.3 is 0 Å². The van der Waals surface area contributed by atoms with Crippen LogP contribution in [-0.4, -0.2) is 89.8 Å². The van der Waals surface area contributed by atoms with Crippen LogP contribution in [0.25, 0.3) is 22.2 Å². The molecule has 1 aliphatic heterocycles. The topological polar surface area (TPSA) is 127 Å². The molecule has 0 saturated carbocycles. The summed E-state index contributed by atoms with van der Waals surface area (Å²) in [6, 6.07) is 5.64. The SMILES string of the molecule is CC(=O)c1nn(CC(=O)N2C[C@H](F)C[C@H]2C(=O)c2ccccn2)c2cnc(-c3cnc(CN(C)C)nc3)cc12. The normalized spacial score (nSPS) is 17.2. The van der Waals surface area contributed by atoms with Crippen LogP contribution in [0.2, 0.25) is 0 Å². The highest BCUT2D eigenvalue weighted by Gasteiger charge is 2.40. The first-order chi connectivity index (χ1) is 18.7. The summed E-state index contributed by atoms with van der Waals surface area (Å²) in [5, 5.41) is 4.90. The molecule has 0 bridgehead atoms. The molecule has 1 fully saturated rings. The predicted octanol–water partition coefficient (Wildman–Crippen LogP) is 2.37. The van der Waals surface area contributed by atoms with Gasteiger partial charge in [0.05, 0.1) is 36.5 Å². The van der Waals surface area contributed by atoms with E-state index in [2.05, 4.69) is 25.0 Å². The van der Waals surface area contributed by atoms with E-state index in [1.807, 2.05) is 19.0 Å². The van der Waals surface area contributed by atoms with E-state index in [9.17, 15) is 18.8 Å². The van der Waals surface area contributed by atoms with E-state index in [-0.39, 0.29) is 36.7 Å². The van der Waals surface area contributed by atoms with Gasteiger partial charge in [0.1, 0.15) is 29.9 Å². The Kier molecular flexibility index (Phi) is 7.20. The molecule has 0 radical (unpaired) electrons. The maximum absolute atomic E-state index is 14.4. The Labute approximate surface area is 223 Å². The van der Waals surface area contributed by atoms with E-state index in [0.29, 0.717) is 34.5 Å². The molecule has 11 nitrogen and oxygen atoms in total. The van der Waals surface area contributed by atoms with Gasteiger partial charge in [-0.3, -0.25) is 29.0 Å². The molecule has 0 unspecified atom stereocenters. The van der Waals surface area contributed by atoms with Gasteiger partial charge in [-0.1, -0.05) is 6.07 Å². The fourth-order valence-corrected chi connectivity index (χ4v) is 4.67. The first-order valence-corrected chi connectivity index (χ1v) is 12.4. The van der Waals surface area contributed by atoms with Gasteiger partial charge in [0.15, 0.2) is 5.78 Å². The number of rotatable bonds is 8. The van der Waals surface area contributed by atoms with Crippen LogP contribution < -0.4 is 0 Å². The summed E-state index contributed by atoms with van der Waals surface area (Å²) in [4.78, 5) is 59.2. The number of carbonyl (C=O) groups is 3. The number of pyridine rings is 2. The van der Waals surface area contributed by atoms with E-state index in [0.717, 1.165) is 0 Å². The van der Waals surface area contributed by atoms with Crippen molar-refractivity contribution in [1.82, 2.24) is 39.5 Å². The number of Topliss-reactive ketones (excluding diaryl/α,β-unsaturated/α-hetero) is 2. The minimum atomic E-state index is -1.33. The number of likely N-dealkylation sites (tertiary alicyclic amines) is 1. The van der Waals surface area contributed by atoms with Gasteiger partial charge in [-0.25, -0.2) is 14.4 Å². The zero-order valence-electron chi connectivity index (χ0n) is 21.8. The standard InChI is InChI=1S/C27H27FN8O3/c1-16(37)26-19-9-21(17-10-31-24(32-11-17)14-34(2)3)30-12-23(19)36(33-26)15-25(38)35-13-18(28)8-22(35)27(39)20-6-4-5-7-29-20/h4-7,9-12,18,22H,8,13-15H2,1-3H3/t18-,22+/m1/s1. The highest BCUT2D eigenvalue weighted by molar-refractivity contribution is 6.06. The summed E-state index contributed by atoms with van der Waals surface area (Å²) in [5.41, 5.74) is 2.03. The van der Waals surface area contributed by atoms with Crippen molar-refractivity contribution in [2.75, 3.05) is 20.6 Å². The molecule has 5 heterocycles. The Hall–Kier alpha value is -4.45. The van der Waals surface area contributed by atoms with Crippen LogP contribution >= 0.6 is 0 Å². The third-order valence-corrected chi connectivity index (χ3v) is 6.50. The summed E-state index contributed by atoms with van der Waals surface area (Å²) in [6.07, 6.45) is 4.92. The number of fused-ring (bicyclic) bond motifs is 1. The number of hydrogen-bond donors (Lipinski definition) is 0. The van der Waals surface area contributed by atoms with Gasteiger partial charge in [0.25, 0.3) is 0 Å².